The molecule has 0 aromatic carbocycles. The van der Waals surface area contributed by atoms with E-state index in [4.69, 9.17) is 0 Å². The molecule has 0 aliphatic carbocycles. The summed E-state index contributed by atoms with van der Waals surface area (Å²) in [7, 11) is 4.09. The second kappa shape index (κ2) is 6.31. The summed E-state index contributed by atoms with van der Waals surface area (Å²) in [5, 5.41) is 3.06. The SMILES string of the molecule is CC(=O)CNCCCN(C)C. The van der Waals surface area contributed by atoms with E-state index in [2.05, 4.69) is 10.2 Å². The summed E-state index contributed by atoms with van der Waals surface area (Å²) in [6.45, 7) is 4.11. The molecule has 0 heterocycles. The fraction of sp³-hybridized carbons (Fsp3) is 0.875. The maximum atomic E-state index is 10.5. The van der Waals surface area contributed by atoms with Crippen molar-refractivity contribution in [1.29, 1.82) is 0 Å². The van der Waals surface area contributed by atoms with Crippen LogP contribution in [0, 0.1) is 0 Å². The van der Waals surface area contributed by atoms with Crippen LogP contribution in [-0.4, -0.2) is 44.4 Å². The van der Waals surface area contributed by atoms with Gasteiger partial charge in [0.15, 0.2) is 0 Å². The molecule has 0 amide bonds. The standard InChI is InChI=1S/C8H18N2O/c1-8(11)7-9-5-4-6-10(2)3/h9H,4-7H2,1-3H3. The lowest BCUT2D eigenvalue weighted by atomic mass is 10.4. The highest BCUT2D eigenvalue weighted by molar-refractivity contribution is 5.77. The summed E-state index contributed by atoms with van der Waals surface area (Å²) in [4.78, 5) is 12.6. The Morgan fingerprint density at radius 3 is 2.55 bits per heavy atom. The number of hydrogen-bond acceptors (Lipinski definition) is 3. The number of hydrogen-bond donors (Lipinski definition) is 1. The summed E-state index contributed by atoms with van der Waals surface area (Å²) < 4.78 is 0. The predicted octanol–water partition coefficient (Wildman–Crippen LogP) is 0.117. The summed E-state index contributed by atoms with van der Waals surface area (Å²) in [6.07, 6.45) is 1.10. The molecule has 0 saturated carbocycles. The normalized spacial score (nSPS) is 10.5. The van der Waals surface area contributed by atoms with Crippen molar-refractivity contribution in [2.24, 2.45) is 0 Å². The Balaban J connectivity index is 2.97. The molecule has 0 fully saturated rings. The van der Waals surface area contributed by atoms with Gasteiger partial charge in [0, 0.05) is 0 Å². The van der Waals surface area contributed by atoms with E-state index >= 15 is 0 Å². The van der Waals surface area contributed by atoms with E-state index in [1.54, 1.807) is 6.92 Å². The van der Waals surface area contributed by atoms with E-state index in [1.165, 1.54) is 0 Å². The van der Waals surface area contributed by atoms with Crippen LogP contribution in [0.15, 0.2) is 0 Å². The van der Waals surface area contributed by atoms with Crippen LogP contribution in [0.1, 0.15) is 13.3 Å². The van der Waals surface area contributed by atoms with Crippen LogP contribution in [0.5, 0.6) is 0 Å². The number of nitrogens with zero attached hydrogens (tertiary/aromatic N) is 1. The zero-order valence-electron chi connectivity index (χ0n) is 7.68. The lowest BCUT2D eigenvalue weighted by Crippen LogP contribution is -2.25. The van der Waals surface area contributed by atoms with Gasteiger partial charge in [0.1, 0.15) is 5.78 Å². The van der Waals surface area contributed by atoms with Crippen LogP contribution in [-0.2, 0) is 4.79 Å². The van der Waals surface area contributed by atoms with Crippen LogP contribution in [0.4, 0.5) is 0 Å². The van der Waals surface area contributed by atoms with Crippen molar-refractivity contribution in [3.05, 3.63) is 0 Å². The number of Topliss-reactive ketones (excluding diaryl/α,β-unsaturated/α-hetero) is 1. The van der Waals surface area contributed by atoms with E-state index in [9.17, 15) is 4.79 Å². The zero-order chi connectivity index (χ0) is 8.69. The van der Waals surface area contributed by atoms with Crippen molar-refractivity contribution in [3.63, 3.8) is 0 Å². The Labute approximate surface area is 68.8 Å². The first-order chi connectivity index (χ1) is 5.13. The third-order valence-electron chi connectivity index (χ3n) is 1.33. The van der Waals surface area contributed by atoms with Gasteiger partial charge >= 0.3 is 0 Å². The zero-order valence-corrected chi connectivity index (χ0v) is 7.68. The van der Waals surface area contributed by atoms with E-state index in [0.717, 1.165) is 19.5 Å². The number of carbonyl (C=O) groups is 1. The van der Waals surface area contributed by atoms with Gasteiger partial charge in [-0.15, -0.1) is 0 Å². The highest BCUT2D eigenvalue weighted by Crippen LogP contribution is 1.79. The summed E-state index contributed by atoms with van der Waals surface area (Å²) >= 11 is 0. The lowest BCUT2D eigenvalue weighted by Gasteiger charge is -2.08. The van der Waals surface area contributed by atoms with Crippen LogP contribution < -0.4 is 5.32 Å². The van der Waals surface area contributed by atoms with E-state index in [1.807, 2.05) is 14.1 Å². The molecule has 0 bridgehead atoms. The smallest absolute Gasteiger partial charge is 0.143 e. The topological polar surface area (TPSA) is 32.3 Å². The molecule has 0 saturated heterocycles. The molecule has 0 spiro atoms. The number of rotatable bonds is 6. The van der Waals surface area contributed by atoms with Gasteiger partial charge < -0.3 is 10.2 Å². The Morgan fingerprint density at radius 2 is 2.09 bits per heavy atom. The molecule has 66 valence electrons. The van der Waals surface area contributed by atoms with Crippen molar-refractivity contribution < 1.29 is 4.79 Å². The van der Waals surface area contributed by atoms with Crippen LogP contribution in [0.25, 0.3) is 0 Å². The highest BCUT2D eigenvalue weighted by Gasteiger charge is 1.92. The van der Waals surface area contributed by atoms with Gasteiger partial charge in [-0.05, 0) is 40.5 Å². The first-order valence-corrected chi connectivity index (χ1v) is 3.98. The molecule has 0 aliphatic rings. The minimum Gasteiger partial charge on any atom is -0.310 e. The molecule has 0 rings (SSSR count). The van der Waals surface area contributed by atoms with Crippen molar-refractivity contribution in [1.82, 2.24) is 10.2 Å². The third-order valence-corrected chi connectivity index (χ3v) is 1.33. The summed E-state index contributed by atoms with van der Waals surface area (Å²) in [5.41, 5.74) is 0. The fourth-order valence-corrected chi connectivity index (χ4v) is 0.785. The Morgan fingerprint density at radius 1 is 1.45 bits per heavy atom. The van der Waals surface area contributed by atoms with Crippen molar-refractivity contribution in [3.8, 4) is 0 Å². The van der Waals surface area contributed by atoms with Crippen LogP contribution in [0.3, 0.4) is 0 Å². The number of nitrogens with one attached hydrogen (secondary N) is 1. The minimum atomic E-state index is 0.204. The van der Waals surface area contributed by atoms with Crippen molar-refractivity contribution in [2.45, 2.75) is 13.3 Å². The van der Waals surface area contributed by atoms with E-state index < -0.39 is 0 Å². The maximum Gasteiger partial charge on any atom is 0.143 e. The monoisotopic (exact) mass is 158 g/mol. The Kier molecular flexibility index (Phi) is 6.07. The number of ketones is 1. The van der Waals surface area contributed by atoms with Gasteiger partial charge in [-0.25, -0.2) is 0 Å². The summed E-state index contributed by atoms with van der Waals surface area (Å²) in [6, 6.07) is 0. The van der Waals surface area contributed by atoms with Gasteiger partial charge in [-0.3, -0.25) is 4.79 Å². The van der Waals surface area contributed by atoms with Gasteiger partial charge in [-0.1, -0.05) is 0 Å². The summed E-state index contributed by atoms with van der Waals surface area (Å²) in [5.74, 6) is 0.204. The number of carbonyl (C=O) groups excluding carboxylic acids is 1. The van der Waals surface area contributed by atoms with Gasteiger partial charge in [0.2, 0.25) is 0 Å². The maximum absolute atomic E-state index is 10.5. The minimum absolute atomic E-state index is 0.204. The molecule has 0 aromatic heterocycles. The van der Waals surface area contributed by atoms with Gasteiger partial charge in [-0.2, -0.15) is 0 Å². The largest absolute Gasteiger partial charge is 0.310 e. The first-order valence-electron chi connectivity index (χ1n) is 3.98. The van der Waals surface area contributed by atoms with Gasteiger partial charge in [0.05, 0.1) is 6.54 Å². The second-order valence-electron chi connectivity index (χ2n) is 3.04. The third kappa shape index (κ3) is 9.59. The Hall–Kier alpha value is -0.410. The van der Waals surface area contributed by atoms with E-state index in [0.29, 0.717) is 6.54 Å². The molecular formula is C8H18N2O. The molecular weight excluding hydrogens is 140 g/mol. The van der Waals surface area contributed by atoms with E-state index in [-0.39, 0.29) is 5.78 Å². The second-order valence-corrected chi connectivity index (χ2v) is 3.04. The molecule has 3 nitrogen and oxygen atoms in total. The Bertz CT molecular complexity index is 113. The predicted molar refractivity (Wildman–Crippen MR) is 46.7 cm³/mol. The first kappa shape index (κ1) is 10.6. The highest BCUT2D eigenvalue weighted by atomic mass is 16.1. The molecule has 0 aromatic rings. The quantitative estimate of drug-likeness (QED) is 0.557. The molecule has 11 heavy (non-hydrogen) atoms. The molecule has 0 aliphatic heterocycles. The molecule has 0 unspecified atom stereocenters. The average molecular weight is 158 g/mol. The average Bonchev–Trinajstić information content (AvgIpc) is 1.85. The molecule has 3 heteroatoms. The van der Waals surface area contributed by atoms with Crippen molar-refractivity contribution >= 4 is 5.78 Å². The van der Waals surface area contributed by atoms with Gasteiger partial charge in [0.25, 0.3) is 0 Å². The van der Waals surface area contributed by atoms with Crippen molar-refractivity contribution in [2.75, 3.05) is 33.7 Å². The van der Waals surface area contributed by atoms with Crippen LogP contribution in [0.2, 0.25) is 0 Å². The fourth-order valence-electron chi connectivity index (χ4n) is 0.785. The molecule has 0 atom stereocenters. The van der Waals surface area contributed by atoms with Crippen LogP contribution >= 0.6 is 0 Å². The molecule has 0 radical (unpaired) electrons. The lowest BCUT2D eigenvalue weighted by molar-refractivity contribution is -0.116. The molecule has 1 N–H and O–H groups in total.